The highest BCUT2D eigenvalue weighted by Gasteiger charge is 2.22. The van der Waals surface area contributed by atoms with Crippen molar-refractivity contribution in [3.63, 3.8) is 0 Å². The molecule has 2 aromatic rings. The number of amides is 2. The minimum absolute atomic E-state index is 0. The smallest absolute Gasteiger partial charge is 0.240 e. The molecule has 124 valence electrons. The van der Waals surface area contributed by atoms with Gasteiger partial charge in [0.05, 0.1) is 18.1 Å². The zero-order valence-electron chi connectivity index (χ0n) is 12.4. The zero-order valence-corrected chi connectivity index (χ0v) is 13.3. The molecule has 2 amide bonds. The van der Waals surface area contributed by atoms with E-state index < -0.39 is 23.9 Å². The van der Waals surface area contributed by atoms with Gasteiger partial charge in [0.2, 0.25) is 11.8 Å². The maximum atomic E-state index is 12.1. The van der Waals surface area contributed by atoms with Gasteiger partial charge in [0.1, 0.15) is 6.04 Å². The van der Waals surface area contributed by atoms with E-state index in [-0.39, 0.29) is 18.8 Å². The molecule has 1 heterocycles. The molecule has 0 fully saturated rings. The van der Waals surface area contributed by atoms with Crippen molar-refractivity contribution in [1.82, 2.24) is 15.3 Å². The van der Waals surface area contributed by atoms with Crippen molar-refractivity contribution < 1.29 is 9.59 Å². The number of rotatable bonds is 7. The van der Waals surface area contributed by atoms with Gasteiger partial charge in [-0.3, -0.25) is 9.59 Å². The summed E-state index contributed by atoms with van der Waals surface area (Å²) in [6.07, 6.45) is 3.80. The highest BCUT2D eigenvalue weighted by Crippen LogP contribution is 2.04. The van der Waals surface area contributed by atoms with Crippen LogP contribution in [0.3, 0.4) is 0 Å². The number of benzene rings is 1. The number of nitrogens with two attached hydrogens (primary N) is 2. The molecule has 2 rings (SSSR count). The lowest BCUT2D eigenvalue weighted by Crippen LogP contribution is -2.51. The van der Waals surface area contributed by atoms with Crippen LogP contribution in [0.15, 0.2) is 42.9 Å². The first-order chi connectivity index (χ1) is 10.6. The summed E-state index contributed by atoms with van der Waals surface area (Å²) in [7, 11) is 0. The molecular formula is C15H20ClN5O2. The van der Waals surface area contributed by atoms with Gasteiger partial charge in [0.15, 0.2) is 0 Å². The highest BCUT2D eigenvalue weighted by molar-refractivity contribution is 5.89. The molecule has 23 heavy (non-hydrogen) atoms. The van der Waals surface area contributed by atoms with E-state index >= 15 is 0 Å². The number of aromatic nitrogens is 2. The summed E-state index contributed by atoms with van der Waals surface area (Å²) in [6.45, 7) is 0. The van der Waals surface area contributed by atoms with Gasteiger partial charge in [-0.15, -0.1) is 12.4 Å². The number of carbonyl (C=O) groups excluding carboxylic acids is 2. The largest absolute Gasteiger partial charge is 0.368 e. The van der Waals surface area contributed by atoms with Crippen LogP contribution in [0.2, 0.25) is 0 Å². The Hall–Kier alpha value is -2.38. The van der Waals surface area contributed by atoms with Crippen LogP contribution in [0, 0.1) is 0 Å². The lowest BCUT2D eigenvalue weighted by molar-refractivity contribution is -0.128. The first-order valence-electron chi connectivity index (χ1n) is 6.93. The number of H-pyrrole nitrogens is 1. The van der Waals surface area contributed by atoms with Gasteiger partial charge >= 0.3 is 0 Å². The SMILES string of the molecule is Cl.NC(=O)[C@H](Cc1ccccc1)NC(=O)[C@@H](N)Cc1c[nH]cn1. The van der Waals surface area contributed by atoms with Crippen LogP contribution in [-0.2, 0) is 22.4 Å². The molecule has 0 saturated heterocycles. The summed E-state index contributed by atoms with van der Waals surface area (Å²) in [5.74, 6) is -1.02. The Balaban J connectivity index is 0.00000264. The van der Waals surface area contributed by atoms with Crippen molar-refractivity contribution >= 4 is 24.2 Å². The maximum Gasteiger partial charge on any atom is 0.240 e. The van der Waals surface area contributed by atoms with E-state index in [1.165, 1.54) is 6.33 Å². The molecule has 0 saturated carbocycles. The van der Waals surface area contributed by atoms with Crippen molar-refractivity contribution in [2.45, 2.75) is 24.9 Å². The first kappa shape index (κ1) is 18.7. The molecule has 6 N–H and O–H groups in total. The Morgan fingerprint density at radius 2 is 1.91 bits per heavy atom. The number of carbonyl (C=O) groups is 2. The van der Waals surface area contributed by atoms with Gasteiger partial charge in [0.25, 0.3) is 0 Å². The van der Waals surface area contributed by atoms with Gasteiger partial charge in [-0.1, -0.05) is 30.3 Å². The summed E-state index contributed by atoms with van der Waals surface area (Å²) < 4.78 is 0. The fourth-order valence-corrected chi connectivity index (χ4v) is 2.07. The number of halogens is 1. The summed E-state index contributed by atoms with van der Waals surface area (Å²) in [4.78, 5) is 30.4. The third-order valence-corrected chi connectivity index (χ3v) is 3.26. The van der Waals surface area contributed by atoms with Crippen molar-refractivity contribution in [2.24, 2.45) is 11.5 Å². The molecule has 0 aliphatic carbocycles. The highest BCUT2D eigenvalue weighted by atomic mass is 35.5. The molecule has 0 bridgehead atoms. The summed E-state index contributed by atoms with van der Waals surface area (Å²) >= 11 is 0. The monoisotopic (exact) mass is 337 g/mol. The van der Waals surface area contributed by atoms with Crippen LogP contribution in [0.25, 0.3) is 0 Å². The van der Waals surface area contributed by atoms with Crippen LogP contribution < -0.4 is 16.8 Å². The third-order valence-electron chi connectivity index (χ3n) is 3.26. The average molecular weight is 338 g/mol. The maximum absolute atomic E-state index is 12.1. The molecular weight excluding hydrogens is 318 g/mol. The molecule has 1 aromatic heterocycles. The summed E-state index contributed by atoms with van der Waals surface area (Å²) in [5.41, 5.74) is 12.8. The van der Waals surface area contributed by atoms with Gasteiger partial charge < -0.3 is 21.8 Å². The van der Waals surface area contributed by atoms with E-state index in [2.05, 4.69) is 15.3 Å². The van der Waals surface area contributed by atoms with Crippen LogP contribution in [0.5, 0.6) is 0 Å². The Labute approximate surface area is 140 Å². The van der Waals surface area contributed by atoms with Crippen molar-refractivity contribution in [2.75, 3.05) is 0 Å². The molecule has 7 nitrogen and oxygen atoms in total. The number of primary amides is 1. The second-order valence-electron chi connectivity index (χ2n) is 5.02. The molecule has 8 heteroatoms. The number of imidazole rings is 1. The molecule has 0 spiro atoms. The first-order valence-corrected chi connectivity index (χ1v) is 6.93. The third kappa shape index (κ3) is 5.72. The van der Waals surface area contributed by atoms with E-state index in [1.54, 1.807) is 6.20 Å². The fraction of sp³-hybridized carbons (Fsp3) is 0.267. The van der Waals surface area contributed by atoms with Crippen LogP contribution in [0.1, 0.15) is 11.3 Å². The van der Waals surface area contributed by atoms with Gasteiger partial charge in [-0.05, 0) is 5.56 Å². The summed E-state index contributed by atoms with van der Waals surface area (Å²) in [5, 5.41) is 2.60. The average Bonchev–Trinajstić information content (AvgIpc) is 3.00. The van der Waals surface area contributed by atoms with Gasteiger partial charge in [-0.2, -0.15) is 0 Å². The zero-order chi connectivity index (χ0) is 15.9. The Kier molecular flexibility index (Phi) is 7.24. The number of hydrogen-bond donors (Lipinski definition) is 4. The second kappa shape index (κ2) is 8.92. The van der Waals surface area contributed by atoms with Crippen molar-refractivity contribution in [1.29, 1.82) is 0 Å². The number of hydrogen-bond acceptors (Lipinski definition) is 4. The summed E-state index contributed by atoms with van der Waals surface area (Å²) in [6, 6.07) is 7.75. The Morgan fingerprint density at radius 3 is 2.48 bits per heavy atom. The predicted molar refractivity (Wildman–Crippen MR) is 88.8 cm³/mol. The van der Waals surface area contributed by atoms with E-state index in [0.29, 0.717) is 12.1 Å². The number of nitrogens with zero attached hydrogens (tertiary/aromatic N) is 1. The molecule has 0 aliphatic rings. The molecule has 1 aromatic carbocycles. The molecule has 0 unspecified atom stereocenters. The molecule has 2 atom stereocenters. The fourth-order valence-electron chi connectivity index (χ4n) is 2.07. The van der Waals surface area contributed by atoms with Gasteiger partial charge in [-0.25, -0.2) is 4.98 Å². The molecule has 0 aliphatic heterocycles. The number of aromatic amines is 1. The Bertz CT molecular complexity index is 618. The van der Waals surface area contributed by atoms with Crippen molar-refractivity contribution in [3.05, 3.63) is 54.1 Å². The quantitative estimate of drug-likeness (QED) is 0.563. The minimum Gasteiger partial charge on any atom is -0.368 e. The van der Waals surface area contributed by atoms with E-state index in [1.807, 2.05) is 30.3 Å². The second-order valence-corrected chi connectivity index (χ2v) is 5.02. The van der Waals surface area contributed by atoms with Gasteiger partial charge in [0, 0.05) is 19.0 Å². The number of nitrogens with one attached hydrogen (secondary N) is 2. The van der Waals surface area contributed by atoms with E-state index in [4.69, 9.17) is 11.5 Å². The van der Waals surface area contributed by atoms with E-state index in [9.17, 15) is 9.59 Å². The Morgan fingerprint density at radius 1 is 1.22 bits per heavy atom. The van der Waals surface area contributed by atoms with Crippen LogP contribution in [0.4, 0.5) is 0 Å². The van der Waals surface area contributed by atoms with Crippen LogP contribution in [-0.4, -0.2) is 33.9 Å². The van der Waals surface area contributed by atoms with Crippen molar-refractivity contribution in [3.8, 4) is 0 Å². The minimum atomic E-state index is -0.792. The van der Waals surface area contributed by atoms with Crippen LogP contribution >= 0.6 is 12.4 Å². The molecule has 0 radical (unpaired) electrons. The topological polar surface area (TPSA) is 127 Å². The standard InChI is InChI=1S/C15H19N5O2.ClH/c16-12(7-11-8-18-9-19-11)15(22)20-13(14(17)21)6-10-4-2-1-3-5-10;/h1-5,8-9,12-13H,6-7,16H2,(H2,17,21)(H,18,19)(H,20,22);1H/t12-,13-;/m0./s1. The predicted octanol–water partition coefficient (Wildman–Crippen LogP) is -0.0859. The lowest BCUT2D eigenvalue weighted by atomic mass is 10.0. The normalized spacial score (nSPS) is 12.7. The lowest BCUT2D eigenvalue weighted by Gasteiger charge is -2.18. The van der Waals surface area contributed by atoms with E-state index in [0.717, 1.165) is 5.56 Å².